The molecule has 0 fully saturated rings. The molecule has 0 aliphatic carbocycles. The number of phenols is 2. The maximum atomic E-state index is 10.6. The third-order valence-corrected chi connectivity index (χ3v) is 2.17. The number of aliphatic carboxylic acids is 1. The number of rotatable bonds is 0. The molecule has 100 valence electrons. The van der Waals surface area contributed by atoms with Gasteiger partial charge in [0.25, 0.3) is 0 Å². The van der Waals surface area contributed by atoms with Gasteiger partial charge in [0.05, 0.1) is 0 Å². The molecule has 1 aliphatic heterocycles. The number of benzene rings is 1. The zero-order valence-corrected chi connectivity index (χ0v) is 8.95. The van der Waals surface area contributed by atoms with Crippen molar-refractivity contribution in [1.82, 2.24) is 5.32 Å². The van der Waals surface area contributed by atoms with E-state index in [-0.39, 0.29) is 11.5 Å². The second kappa shape index (κ2) is 5.13. The van der Waals surface area contributed by atoms with E-state index in [1.807, 2.05) is 0 Å². The fourth-order valence-corrected chi connectivity index (χ4v) is 1.32. The molecule has 8 heteroatoms. The largest absolute Gasteiger partial charge is 0.504 e. The molecule has 0 bridgehead atoms. The summed E-state index contributed by atoms with van der Waals surface area (Å²) in [6, 6.07) is 3.20. The molecular weight excluding hydrogens is 255 g/mol. The Bertz CT molecular complexity index is 430. The van der Waals surface area contributed by atoms with Crippen LogP contribution in [0.1, 0.15) is 11.1 Å². The van der Waals surface area contributed by atoms with E-state index in [0.29, 0.717) is 0 Å². The molecule has 0 saturated carbocycles. The average Bonchev–Trinajstić information content (AvgIpc) is 2.65. The first kappa shape index (κ1) is 14.1. The third-order valence-electron chi connectivity index (χ3n) is 2.17. The quantitative estimate of drug-likeness (QED) is 0.531. The highest BCUT2D eigenvalue weighted by molar-refractivity contribution is 5.73. The van der Waals surface area contributed by atoms with Crippen LogP contribution in [-0.2, 0) is 17.9 Å². The van der Waals surface area contributed by atoms with Gasteiger partial charge in [0.15, 0.2) is 11.5 Å². The fraction of sp³-hybridized carbons (Fsp3) is 0.300. The van der Waals surface area contributed by atoms with Gasteiger partial charge in [-0.05, 0) is 23.3 Å². The Balaban J connectivity index is 0.000000203. The maximum Gasteiger partial charge on any atom is 0.490 e. The first-order valence-corrected chi connectivity index (χ1v) is 4.76. The van der Waals surface area contributed by atoms with Gasteiger partial charge in [0.2, 0.25) is 0 Å². The zero-order chi connectivity index (χ0) is 13.9. The van der Waals surface area contributed by atoms with Crippen LogP contribution in [0.2, 0.25) is 0 Å². The van der Waals surface area contributed by atoms with Gasteiger partial charge in [-0.25, -0.2) is 4.79 Å². The summed E-state index contributed by atoms with van der Waals surface area (Å²) in [5.41, 5.74) is 2.14. The zero-order valence-electron chi connectivity index (χ0n) is 8.95. The second-order valence-electron chi connectivity index (χ2n) is 3.52. The fourth-order valence-electron chi connectivity index (χ4n) is 1.32. The highest BCUT2D eigenvalue weighted by Crippen LogP contribution is 2.30. The monoisotopic (exact) mass is 265 g/mol. The molecule has 18 heavy (non-hydrogen) atoms. The van der Waals surface area contributed by atoms with Crippen molar-refractivity contribution in [2.45, 2.75) is 19.3 Å². The van der Waals surface area contributed by atoms with Crippen LogP contribution in [0.5, 0.6) is 11.5 Å². The van der Waals surface area contributed by atoms with Gasteiger partial charge >= 0.3 is 12.1 Å². The summed E-state index contributed by atoms with van der Waals surface area (Å²) < 4.78 is 31.7. The molecule has 0 unspecified atom stereocenters. The van der Waals surface area contributed by atoms with E-state index in [4.69, 9.17) is 20.1 Å². The van der Waals surface area contributed by atoms with Crippen LogP contribution in [-0.4, -0.2) is 27.5 Å². The van der Waals surface area contributed by atoms with Gasteiger partial charge in [-0.3, -0.25) is 0 Å². The van der Waals surface area contributed by atoms with E-state index in [2.05, 4.69) is 5.32 Å². The summed E-state index contributed by atoms with van der Waals surface area (Å²) in [7, 11) is 0. The van der Waals surface area contributed by atoms with Gasteiger partial charge < -0.3 is 20.6 Å². The standard InChI is InChI=1S/C8H9NO2.C2HF3O2/c10-7-1-5-3-9-4-6(5)2-8(7)11;3-2(4,5)1(6)7/h1-2,9-11H,3-4H2;(H,6,7). The minimum Gasteiger partial charge on any atom is -0.504 e. The number of halogens is 3. The molecule has 5 nitrogen and oxygen atoms in total. The van der Waals surface area contributed by atoms with Crippen molar-refractivity contribution in [3.8, 4) is 11.5 Å². The van der Waals surface area contributed by atoms with Crippen LogP contribution in [0.3, 0.4) is 0 Å². The number of carbonyl (C=O) groups is 1. The van der Waals surface area contributed by atoms with Crippen molar-refractivity contribution in [3.05, 3.63) is 23.3 Å². The number of phenolic OH excluding ortho intramolecular Hbond substituents is 2. The molecule has 0 aromatic heterocycles. The lowest BCUT2D eigenvalue weighted by Gasteiger charge is -2.00. The number of hydrogen-bond donors (Lipinski definition) is 4. The molecule has 2 rings (SSSR count). The number of alkyl halides is 3. The SMILES string of the molecule is O=C(O)C(F)(F)F.Oc1cc2c(cc1O)CNC2. The van der Waals surface area contributed by atoms with Crippen molar-refractivity contribution in [3.63, 3.8) is 0 Å². The smallest absolute Gasteiger partial charge is 0.490 e. The molecule has 1 aromatic rings. The van der Waals surface area contributed by atoms with Crippen LogP contribution in [0.25, 0.3) is 0 Å². The molecule has 0 atom stereocenters. The first-order valence-electron chi connectivity index (χ1n) is 4.76. The predicted octanol–water partition coefficient (Wildman–Crippen LogP) is 1.33. The Morgan fingerprint density at radius 3 is 1.72 bits per heavy atom. The van der Waals surface area contributed by atoms with E-state index in [9.17, 15) is 13.2 Å². The maximum absolute atomic E-state index is 10.6. The van der Waals surface area contributed by atoms with Gasteiger partial charge in [-0.2, -0.15) is 13.2 Å². The first-order chi connectivity index (χ1) is 8.21. The van der Waals surface area contributed by atoms with Crippen LogP contribution in [0.4, 0.5) is 13.2 Å². The molecule has 4 N–H and O–H groups in total. The van der Waals surface area contributed by atoms with E-state index in [1.54, 1.807) is 12.1 Å². The summed E-state index contributed by atoms with van der Waals surface area (Å²) in [6.45, 7) is 1.56. The number of nitrogens with one attached hydrogen (secondary N) is 1. The number of carboxylic acid groups (broad SMARTS) is 1. The van der Waals surface area contributed by atoms with Crippen molar-refractivity contribution >= 4 is 5.97 Å². The second-order valence-corrected chi connectivity index (χ2v) is 3.52. The Morgan fingerprint density at radius 1 is 1.11 bits per heavy atom. The van der Waals surface area contributed by atoms with Gasteiger partial charge in [0.1, 0.15) is 0 Å². The predicted molar refractivity (Wildman–Crippen MR) is 54.0 cm³/mol. The molecule has 1 aromatic carbocycles. The summed E-state index contributed by atoms with van der Waals surface area (Å²) in [5.74, 6) is -2.83. The molecule has 1 aliphatic rings. The van der Waals surface area contributed by atoms with E-state index in [0.717, 1.165) is 24.2 Å². The molecule has 1 heterocycles. The Morgan fingerprint density at radius 2 is 1.44 bits per heavy atom. The normalized spacial score (nSPS) is 13.5. The number of aromatic hydroxyl groups is 2. The Labute approximate surface area is 99.5 Å². The van der Waals surface area contributed by atoms with E-state index in [1.165, 1.54) is 0 Å². The highest BCUT2D eigenvalue weighted by atomic mass is 19.4. The van der Waals surface area contributed by atoms with Gasteiger partial charge in [-0.1, -0.05) is 0 Å². The van der Waals surface area contributed by atoms with Crippen LogP contribution < -0.4 is 5.32 Å². The Hall–Kier alpha value is -1.96. The summed E-state index contributed by atoms with van der Waals surface area (Å²) in [4.78, 5) is 8.90. The molecule has 0 spiro atoms. The lowest BCUT2D eigenvalue weighted by molar-refractivity contribution is -0.192. The molecule has 0 saturated heterocycles. The number of fused-ring (bicyclic) bond motifs is 1. The van der Waals surface area contributed by atoms with Crippen molar-refractivity contribution in [2.24, 2.45) is 0 Å². The van der Waals surface area contributed by atoms with Gasteiger partial charge in [0, 0.05) is 13.1 Å². The topological polar surface area (TPSA) is 89.8 Å². The minimum atomic E-state index is -5.08. The van der Waals surface area contributed by atoms with Crippen molar-refractivity contribution in [2.75, 3.05) is 0 Å². The summed E-state index contributed by atoms with van der Waals surface area (Å²) in [6.07, 6.45) is -5.08. The average molecular weight is 265 g/mol. The number of hydrogen-bond acceptors (Lipinski definition) is 4. The van der Waals surface area contributed by atoms with Crippen molar-refractivity contribution < 1.29 is 33.3 Å². The molecule has 0 radical (unpaired) electrons. The molecule has 0 amide bonds. The lowest BCUT2D eigenvalue weighted by atomic mass is 10.1. The van der Waals surface area contributed by atoms with Crippen LogP contribution in [0.15, 0.2) is 12.1 Å². The summed E-state index contributed by atoms with van der Waals surface area (Å²) >= 11 is 0. The summed E-state index contributed by atoms with van der Waals surface area (Å²) in [5, 5.41) is 28.5. The van der Waals surface area contributed by atoms with Crippen LogP contribution >= 0.6 is 0 Å². The Kier molecular flexibility index (Phi) is 4.02. The number of carboxylic acids is 1. The lowest BCUT2D eigenvalue weighted by Crippen LogP contribution is -2.21. The van der Waals surface area contributed by atoms with E-state index < -0.39 is 12.1 Å². The highest BCUT2D eigenvalue weighted by Gasteiger charge is 2.38. The molecular formula is C10H10F3NO4. The van der Waals surface area contributed by atoms with Gasteiger partial charge in [-0.15, -0.1) is 0 Å². The third kappa shape index (κ3) is 3.52. The van der Waals surface area contributed by atoms with Crippen molar-refractivity contribution in [1.29, 1.82) is 0 Å². The van der Waals surface area contributed by atoms with E-state index >= 15 is 0 Å². The van der Waals surface area contributed by atoms with Crippen LogP contribution in [0, 0.1) is 0 Å². The minimum absolute atomic E-state index is 0.0348.